The van der Waals surface area contributed by atoms with Gasteiger partial charge >= 0.3 is 5.97 Å². The topological polar surface area (TPSA) is 65.0 Å². The summed E-state index contributed by atoms with van der Waals surface area (Å²) in [6, 6.07) is 7.00. The highest BCUT2D eigenvalue weighted by Gasteiger charge is 2.24. The van der Waals surface area contributed by atoms with E-state index in [0.717, 1.165) is 0 Å². The highest BCUT2D eigenvalue weighted by Crippen LogP contribution is 2.26. The quantitative estimate of drug-likeness (QED) is 0.773. The summed E-state index contributed by atoms with van der Waals surface area (Å²) in [6.45, 7) is 0.335. The van der Waals surface area contributed by atoms with Crippen LogP contribution in [0.25, 0.3) is 0 Å². The summed E-state index contributed by atoms with van der Waals surface area (Å²) in [4.78, 5) is 11.4. The van der Waals surface area contributed by atoms with Crippen LogP contribution in [0.15, 0.2) is 24.3 Å². The van der Waals surface area contributed by atoms with Crippen LogP contribution in [-0.2, 0) is 19.0 Å². The monoisotopic (exact) mass is 254 g/mol. The third kappa shape index (κ3) is 3.29. The predicted molar refractivity (Wildman–Crippen MR) is 65.0 cm³/mol. The number of hydrogen-bond donors (Lipinski definition) is 1. The number of hydrogen-bond acceptors (Lipinski definition) is 5. The summed E-state index contributed by atoms with van der Waals surface area (Å²) in [5.41, 5.74) is 1.17. The minimum Gasteiger partial charge on any atom is -0.467 e. The minimum absolute atomic E-state index is 0.335. The van der Waals surface area contributed by atoms with E-state index in [4.69, 9.17) is 9.47 Å². The first-order valence-corrected chi connectivity index (χ1v) is 5.52. The summed E-state index contributed by atoms with van der Waals surface area (Å²) in [5, 5.41) is 9.91. The van der Waals surface area contributed by atoms with Gasteiger partial charge in [-0.2, -0.15) is 0 Å². The van der Waals surface area contributed by atoms with Gasteiger partial charge in [0.15, 0.2) is 6.10 Å². The molecule has 0 radical (unpaired) electrons. The van der Waals surface area contributed by atoms with Crippen molar-refractivity contribution in [3.63, 3.8) is 0 Å². The number of aliphatic hydroxyl groups is 1. The van der Waals surface area contributed by atoms with E-state index in [1.165, 1.54) is 7.11 Å². The molecule has 2 unspecified atom stereocenters. The fourth-order valence-electron chi connectivity index (χ4n) is 1.73. The molecular formula is C13H18O5. The summed E-state index contributed by atoms with van der Waals surface area (Å²) >= 11 is 0. The van der Waals surface area contributed by atoms with Gasteiger partial charge in [-0.3, -0.25) is 0 Å². The zero-order valence-electron chi connectivity index (χ0n) is 10.8. The van der Waals surface area contributed by atoms with Gasteiger partial charge in [0.05, 0.1) is 13.7 Å². The minimum atomic E-state index is -1.32. The Morgan fingerprint density at radius 2 is 1.83 bits per heavy atom. The van der Waals surface area contributed by atoms with Crippen LogP contribution >= 0.6 is 0 Å². The lowest BCUT2D eigenvalue weighted by molar-refractivity contribution is -0.150. The molecule has 2 atom stereocenters. The first-order valence-electron chi connectivity index (χ1n) is 5.52. The molecule has 5 heteroatoms. The van der Waals surface area contributed by atoms with E-state index in [1.807, 2.05) is 6.07 Å². The Bertz CT molecular complexity index is 391. The van der Waals surface area contributed by atoms with Crippen molar-refractivity contribution < 1.29 is 24.1 Å². The highest BCUT2D eigenvalue weighted by atomic mass is 16.5. The molecular weight excluding hydrogens is 236 g/mol. The van der Waals surface area contributed by atoms with Crippen LogP contribution in [0.1, 0.15) is 23.3 Å². The second kappa shape index (κ2) is 7.10. The van der Waals surface area contributed by atoms with E-state index in [-0.39, 0.29) is 6.10 Å². The Morgan fingerprint density at radius 1 is 1.22 bits per heavy atom. The number of ether oxygens (including phenoxy) is 3. The second-order valence-electron chi connectivity index (χ2n) is 3.73. The summed E-state index contributed by atoms with van der Waals surface area (Å²) in [7, 11) is 4.34. The van der Waals surface area contributed by atoms with Gasteiger partial charge in [0.2, 0.25) is 0 Å². The van der Waals surface area contributed by atoms with Crippen molar-refractivity contribution in [2.75, 3.05) is 27.9 Å². The fourth-order valence-corrected chi connectivity index (χ4v) is 1.73. The van der Waals surface area contributed by atoms with Crippen molar-refractivity contribution in [1.82, 2.24) is 0 Å². The summed E-state index contributed by atoms with van der Waals surface area (Å²) in [5.74, 6) is -0.699. The molecule has 18 heavy (non-hydrogen) atoms. The molecule has 0 saturated heterocycles. The molecule has 5 nitrogen and oxygen atoms in total. The average Bonchev–Trinajstić information content (AvgIpc) is 2.43. The van der Waals surface area contributed by atoms with E-state index in [9.17, 15) is 9.90 Å². The standard InChI is InChI=1S/C13H18O5/c1-16-8-11(17-2)9-6-4-5-7-10(9)12(14)13(15)18-3/h4-7,11-12,14H,8H2,1-3H3. The summed E-state index contributed by atoms with van der Waals surface area (Å²) in [6.07, 6.45) is -1.66. The Morgan fingerprint density at radius 3 is 2.33 bits per heavy atom. The van der Waals surface area contributed by atoms with E-state index < -0.39 is 12.1 Å². The van der Waals surface area contributed by atoms with Crippen LogP contribution in [-0.4, -0.2) is 39.0 Å². The molecule has 0 saturated carbocycles. The molecule has 0 amide bonds. The number of carbonyl (C=O) groups excluding carboxylic acids is 1. The lowest BCUT2D eigenvalue weighted by atomic mass is 9.98. The van der Waals surface area contributed by atoms with Crippen molar-refractivity contribution in [3.05, 3.63) is 35.4 Å². The van der Waals surface area contributed by atoms with Crippen LogP contribution < -0.4 is 0 Å². The van der Waals surface area contributed by atoms with Crippen molar-refractivity contribution in [2.24, 2.45) is 0 Å². The molecule has 0 fully saturated rings. The molecule has 0 bridgehead atoms. The number of rotatable bonds is 6. The number of carbonyl (C=O) groups is 1. The molecule has 0 heterocycles. The molecule has 1 rings (SSSR count). The second-order valence-corrected chi connectivity index (χ2v) is 3.73. The molecule has 0 spiro atoms. The van der Waals surface area contributed by atoms with E-state index in [0.29, 0.717) is 17.7 Å². The lowest BCUT2D eigenvalue weighted by Gasteiger charge is -2.20. The smallest absolute Gasteiger partial charge is 0.339 e. The van der Waals surface area contributed by atoms with Gasteiger partial charge in [0.25, 0.3) is 0 Å². The van der Waals surface area contributed by atoms with Gasteiger partial charge in [0, 0.05) is 14.2 Å². The zero-order valence-corrected chi connectivity index (χ0v) is 10.8. The largest absolute Gasteiger partial charge is 0.467 e. The number of benzene rings is 1. The van der Waals surface area contributed by atoms with Gasteiger partial charge in [-0.1, -0.05) is 24.3 Å². The molecule has 100 valence electrons. The molecule has 0 aliphatic carbocycles. The third-order valence-electron chi connectivity index (χ3n) is 2.66. The van der Waals surface area contributed by atoms with Gasteiger partial charge in [0.1, 0.15) is 6.10 Å². The zero-order chi connectivity index (χ0) is 13.5. The van der Waals surface area contributed by atoms with Crippen LogP contribution in [0, 0.1) is 0 Å². The predicted octanol–water partition coefficient (Wildman–Crippen LogP) is 1.23. The van der Waals surface area contributed by atoms with Crippen molar-refractivity contribution >= 4 is 5.97 Å². The fraction of sp³-hybridized carbons (Fsp3) is 0.462. The van der Waals surface area contributed by atoms with E-state index in [2.05, 4.69) is 4.74 Å². The number of esters is 1. The number of methoxy groups -OCH3 is 3. The Labute approximate surface area is 106 Å². The molecule has 1 N–H and O–H groups in total. The lowest BCUT2D eigenvalue weighted by Crippen LogP contribution is -2.18. The van der Waals surface area contributed by atoms with Crippen LogP contribution in [0.2, 0.25) is 0 Å². The Balaban J connectivity index is 3.08. The normalized spacial score (nSPS) is 14.0. The van der Waals surface area contributed by atoms with Gasteiger partial charge in [-0.15, -0.1) is 0 Å². The van der Waals surface area contributed by atoms with Gasteiger partial charge in [-0.05, 0) is 11.1 Å². The van der Waals surface area contributed by atoms with E-state index >= 15 is 0 Å². The van der Waals surface area contributed by atoms with E-state index in [1.54, 1.807) is 32.4 Å². The maximum Gasteiger partial charge on any atom is 0.339 e. The number of aliphatic hydroxyl groups excluding tert-OH is 1. The SMILES string of the molecule is COCC(OC)c1ccccc1C(O)C(=O)OC. The average molecular weight is 254 g/mol. The molecule has 1 aromatic rings. The Kier molecular flexibility index (Phi) is 5.77. The van der Waals surface area contributed by atoms with Gasteiger partial charge in [-0.25, -0.2) is 4.79 Å². The molecule has 1 aromatic carbocycles. The van der Waals surface area contributed by atoms with Crippen LogP contribution in [0.5, 0.6) is 0 Å². The molecule has 0 aromatic heterocycles. The van der Waals surface area contributed by atoms with Crippen molar-refractivity contribution in [1.29, 1.82) is 0 Å². The van der Waals surface area contributed by atoms with Crippen LogP contribution in [0.3, 0.4) is 0 Å². The van der Waals surface area contributed by atoms with Crippen molar-refractivity contribution in [2.45, 2.75) is 12.2 Å². The van der Waals surface area contributed by atoms with Crippen LogP contribution in [0.4, 0.5) is 0 Å². The maximum absolute atomic E-state index is 11.4. The third-order valence-corrected chi connectivity index (χ3v) is 2.66. The maximum atomic E-state index is 11.4. The first-order chi connectivity index (χ1) is 8.65. The highest BCUT2D eigenvalue weighted by molar-refractivity contribution is 5.76. The molecule has 0 aliphatic rings. The first kappa shape index (κ1) is 14.6. The Hall–Kier alpha value is -1.43. The summed E-state index contributed by atoms with van der Waals surface area (Å²) < 4.78 is 14.9. The van der Waals surface area contributed by atoms with Crippen molar-refractivity contribution in [3.8, 4) is 0 Å². The molecule has 0 aliphatic heterocycles. The van der Waals surface area contributed by atoms with Gasteiger partial charge < -0.3 is 19.3 Å².